The maximum absolute atomic E-state index is 12.6. The number of hydrogen-bond acceptors (Lipinski definition) is 5. The van der Waals surface area contributed by atoms with E-state index in [-0.39, 0.29) is 11.9 Å². The van der Waals surface area contributed by atoms with E-state index in [0.717, 1.165) is 45.3 Å². The van der Waals surface area contributed by atoms with E-state index >= 15 is 0 Å². The van der Waals surface area contributed by atoms with Crippen molar-refractivity contribution >= 4 is 6.03 Å². The molecule has 0 aromatic carbocycles. The zero-order valence-electron chi connectivity index (χ0n) is 13.9. The van der Waals surface area contributed by atoms with Crippen LogP contribution in [0, 0.1) is 0 Å². The molecule has 0 N–H and O–H groups in total. The topological polar surface area (TPSA) is 80.3 Å². The van der Waals surface area contributed by atoms with Gasteiger partial charge < -0.3 is 18.9 Å². The summed E-state index contributed by atoms with van der Waals surface area (Å²) in [5.74, 6) is 1.89. The number of rotatable bonds is 2. The summed E-state index contributed by atoms with van der Waals surface area (Å²) in [7, 11) is 1.90. The lowest BCUT2D eigenvalue weighted by Gasteiger charge is -2.33. The fraction of sp³-hybridized carbons (Fsp3) is 0.625. The summed E-state index contributed by atoms with van der Waals surface area (Å²) in [5.41, 5.74) is 0. The molecule has 8 heteroatoms. The molecule has 2 amide bonds. The first-order valence-electron chi connectivity index (χ1n) is 8.57. The van der Waals surface area contributed by atoms with Crippen LogP contribution in [0.1, 0.15) is 37.5 Å². The van der Waals surface area contributed by atoms with Crippen LogP contribution in [0.3, 0.4) is 0 Å². The van der Waals surface area contributed by atoms with Gasteiger partial charge in [0.15, 0.2) is 5.82 Å². The van der Waals surface area contributed by atoms with Crippen LogP contribution in [0.4, 0.5) is 4.79 Å². The maximum atomic E-state index is 12.6. The molecule has 0 radical (unpaired) electrons. The molecule has 4 heterocycles. The molecule has 0 saturated carbocycles. The minimum atomic E-state index is 0.104. The molecule has 2 aromatic rings. The highest BCUT2D eigenvalue weighted by Gasteiger charge is 2.31. The number of carbonyl (C=O) groups excluding carboxylic acids is 1. The lowest BCUT2D eigenvalue weighted by molar-refractivity contribution is 0.142. The van der Waals surface area contributed by atoms with Crippen LogP contribution in [0.5, 0.6) is 0 Å². The van der Waals surface area contributed by atoms with Gasteiger partial charge in [0.1, 0.15) is 0 Å². The van der Waals surface area contributed by atoms with Crippen LogP contribution in [0.2, 0.25) is 0 Å². The zero-order valence-corrected chi connectivity index (χ0v) is 13.9. The van der Waals surface area contributed by atoms with Crippen molar-refractivity contribution in [2.45, 2.75) is 31.6 Å². The average Bonchev–Trinajstić information content (AvgIpc) is 3.35. The van der Waals surface area contributed by atoms with Crippen molar-refractivity contribution in [3.05, 3.63) is 18.3 Å². The largest absolute Gasteiger partial charge is 0.338 e. The number of hydrogen-bond donors (Lipinski definition) is 0. The molecule has 24 heavy (non-hydrogen) atoms. The second-order valence-electron chi connectivity index (χ2n) is 6.58. The number of amides is 2. The quantitative estimate of drug-likeness (QED) is 0.840. The number of likely N-dealkylation sites (tertiary alicyclic amines) is 2. The highest BCUT2D eigenvalue weighted by molar-refractivity contribution is 5.74. The van der Waals surface area contributed by atoms with Crippen molar-refractivity contribution in [3.63, 3.8) is 0 Å². The fourth-order valence-corrected chi connectivity index (χ4v) is 3.53. The fourth-order valence-electron chi connectivity index (χ4n) is 3.53. The van der Waals surface area contributed by atoms with Gasteiger partial charge >= 0.3 is 6.03 Å². The summed E-state index contributed by atoms with van der Waals surface area (Å²) in [6, 6.07) is 0.154. The van der Waals surface area contributed by atoms with Crippen molar-refractivity contribution < 1.29 is 9.32 Å². The molecule has 0 bridgehead atoms. The Morgan fingerprint density at radius 2 is 2.00 bits per heavy atom. The van der Waals surface area contributed by atoms with Crippen LogP contribution < -0.4 is 0 Å². The minimum Gasteiger partial charge on any atom is -0.338 e. The van der Waals surface area contributed by atoms with E-state index in [0.29, 0.717) is 24.1 Å². The Labute approximate surface area is 140 Å². The molecule has 0 aliphatic carbocycles. The number of aromatic nitrogens is 4. The van der Waals surface area contributed by atoms with Gasteiger partial charge in [-0.3, -0.25) is 0 Å². The Kier molecular flexibility index (Phi) is 3.95. The third kappa shape index (κ3) is 2.76. The van der Waals surface area contributed by atoms with E-state index in [4.69, 9.17) is 4.52 Å². The Morgan fingerprint density at radius 3 is 2.75 bits per heavy atom. The second kappa shape index (κ2) is 6.26. The predicted octanol–water partition coefficient (Wildman–Crippen LogP) is 1.87. The molecule has 1 unspecified atom stereocenters. The zero-order chi connectivity index (χ0) is 16.5. The number of urea groups is 1. The van der Waals surface area contributed by atoms with E-state index in [1.165, 1.54) is 0 Å². The van der Waals surface area contributed by atoms with Crippen molar-refractivity contribution in [3.8, 4) is 11.6 Å². The summed E-state index contributed by atoms with van der Waals surface area (Å²) >= 11 is 0. The molecule has 1 atom stereocenters. The van der Waals surface area contributed by atoms with Crippen LogP contribution in [0.25, 0.3) is 11.6 Å². The molecule has 2 aromatic heterocycles. The Hall–Kier alpha value is -2.38. The standard InChI is InChI=1S/C16H22N6O2/c1-20-10-6-17-14(20)13-18-15(24-19-13)12-5-4-9-22(11-12)16(23)21-7-2-3-8-21/h6,10,12H,2-5,7-9,11H2,1H3. The highest BCUT2D eigenvalue weighted by Crippen LogP contribution is 2.28. The third-order valence-corrected chi connectivity index (χ3v) is 4.88. The SMILES string of the molecule is Cn1ccnc1-c1noc(C2CCCN(C(=O)N3CCCC3)C2)n1. The van der Waals surface area contributed by atoms with E-state index < -0.39 is 0 Å². The smallest absolute Gasteiger partial charge is 0.320 e. The lowest BCUT2D eigenvalue weighted by atomic mass is 9.98. The van der Waals surface area contributed by atoms with Gasteiger partial charge in [0, 0.05) is 45.6 Å². The van der Waals surface area contributed by atoms with Crippen molar-refractivity contribution in [2.24, 2.45) is 7.05 Å². The number of piperidine rings is 1. The molecule has 2 fully saturated rings. The summed E-state index contributed by atoms with van der Waals surface area (Å²) in [6.45, 7) is 3.22. The van der Waals surface area contributed by atoms with Gasteiger partial charge in [0.2, 0.25) is 11.7 Å². The Balaban J connectivity index is 1.47. The van der Waals surface area contributed by atoms with Gasteiger partial charge in [0.05, 0.1) is 5.92 Å². The molecule has 4 rings (SSSR count). The molecular formula is C16H22N6O2. The first-order chi connectivity index (χ1) is 11.7. The monoisotopic (exact) mass is 330 g/mol. The Bertz CT molecular complexity index is 718. The molecule has 2 saturated heterocycles. The van der Waals surface area contributed by atoms with Gasteiger partial charge in [0.25, 0.3) is 0 Å². The van der Waals surface area contributed by atoms with Crippen LogP contribution in [0.15, 0.2) is 16.9 Å². The normalized spacial score (nSPS) is 21.5. The van der Waals surface area contributed by atoms with Crippen molar-refractivity contribution in [2.75, 3.05) is 26.2 Å². The first kappa shape index (κ1) is 15.2. The molecule has 128 valence electrons. The summed E-state index contributed by atoms with van der Waals surface area (Å²) in [5, 5.41) is 4.06. The molecule has 0 spiro atoms. The van der Waals surface area contributed by atoms with Crippen LogP contribution >= 0.6 is 0 Å². The number of carbonyl (C=O) groups is 1. The predicted molar refractivity (Wildman–Crippen MR) is 86.3 cm³/mol. The van der Waals surface area contributed by atoms with E-state index in [2.05, 4.69) is 15.1 Å². The molecular weight excluding hydrogens is 308 g/mol. The van der Waals surface area contributed by atoms with E-state index in [1.807, 2.05) is 27.6 Å². The molecule has 2 aliphatic heterocycles. The van der Waals surface area contributed by atoms with Crippen molar-refractivity contribution in [1.29, 1.82) is 0 Å². The summed E-state index contributed by atoms with van der Waals surface area (Å²) < 4.78 is 7.33. The maximum Gasteiger partial charge on any atom is 0.320 e. The summed E-state index contributed by atoms with van der Waals surface area (Å²) in [6.07, 6.45) is 7.71. The number of aryl methyl sites for hydroxylation is 1. The average molecular weight is 330 g/mol. The van der Waals surface area contributed by atoms with Crippen molar-refractivity contribution in [1.82, 2.24) is 29.5 Å². The van der Waals surface area contributed by atoms with E-state index in [1.54, 1.807) is 6.20 Å². The van der Waals surface area contributed by atoms with Gasteiger partial charge in [-0.15, -0.1) is 0 Å². The first-order valence-corrected chi connectivity index (χ1v) is 8.57. The molecule has 2 aliphatic rings. The lowest BCUT2D eigenvalue weighted by Crippen LogP contribution is -2.46. The van der Waals surface area contributed by atoms with Gasteiger partial charge in [-0.1, -0.05) is 5.16 Å². The van der Waals surface area contributed by atoms with Crippen LogP contribution in [-0.2, 0) is 7.05 Å². The van der Waals surface area contributed by atoms with E-state index in [9.17, 15) is 4.79 Å². The highest BCUT2D eigenvalue weighted by atomic mass is 16.5. The minimum absolute atomic E-state index is 0.104. The van der Waals surface area contributed by atoms with Gasteiger partial charge in [-0.25, -0.2) is 9.78 Å². The number of nitrogens with zero attached hydrogens (tertiary/aromatic N) is 6. The van der Waals surface area contributed by atoms with Gasteiger partial charge in [-0.05, 0) is 25.7 Å². The van der Waals surface area contributed by atoms with Crippen LogP contribution in [-0.4, -0.2) is 61.7 Å². The number of imidazole rings is 1. The molecule has 8 nitrogen and oxygen atoms in total. The van der Waals surface area contributed by atoms with Gasteiger partial charge in [-0.2, -0.15) is 4.98 Å². The Morgan fingerprint density at radius 1 is 1.21 bits per heavy atom. The third-order valence-electron chi connectivity index (χ3n) is 4.88. The second-order valence-corrected chi connectivity index (χ2v) is 6.58. The summed E-state index contributed by atoms with van der Waals surface area (Å²) in [4.78, 5) is 25.2.